The van der Waals surface area contributed by atoms with Crippen molar-refractivity contribution in [2.45, 2.75) is 13.0 Å². The van der Waals surface area contributed by atoms with Crippen LogP contribution in [-0.4, -0.2) is 26.1 Å². The second-order valence-electron chi connectivity index (χ2n) is 4.44. The molecule has 104 valence electrons. The highest BCUT2D eigenvalue weighted by atomic mass is 16.3. The summed E-state index contributed by atoms with van der Waals surface area (Å²) in [4.78, 5) is 0. The fourth-order valence-electron chi connectivity index (χ4n) is 1.91. The van der Waals surface area contributed by atoms with Crippen molar-refractivity contribution in [1.29, 1.82) is 5.41 Å². The molecule has 0 amide bonds. The lowest BCUT2D eigenvalue weighted by molar-refractivity contribution is 0.275. The molecule has 0 aliphatic carbocycles. The van der Waals surface area contributed by atoms with Crippen molar-refractivity contribution in [3.8, 4) is 17.2 Å². The first kappa shape index (κ1) is 13.9. The summed E-state index contributed by atoms with van der Waals surface area (Å²) in [6.07, 6.45) is 0.135. The molecule has 5 N–H and O–H groups in total. The molecule has 20 heavy (non-hydrogen) atoms. The molecule has 0 aliphatic rings. The van der Waals surface area contributed by atoms with Crippen LogP contribution in [0.25, 0.3) is 0 Å². The van der Waals surface area contributed by atoms with E-state index in [-0.39, 0.29) is 36.0 Å². The molecule has 0 fully saturated rings. The van der Waals surface area contributed by atoms with Crippen LogP contribution in [0.5, 0.6) is 17.2 Å². The lowest BCUT2D eigenvalue weighted by Crippen LogP contribution is -2.04. The summed E-state index contributed by atoms with van der Waals surface area (Å²) in [7, 11) is 0. The molecule has 0 spiro atoms. The molecule has 5 heteroatoms. The molecule has 2 aromatic carbocycles. The molecular weight excluding hydrogens is 258 g/mol. The van der Waals surface area contributed by atoms with E-state index in [0.717, 1.165) is 0 Å². The molecule has 0 radical (unpaired) electrons. The summed E-state index contributed by atoms with van der Waals surface area (Å²) < 4.78 is 0. The van der Waals surface area contributed by atoms with E-state index in [2.05, 4.69) is 0 Å². The van der Waals surface area contributed by atoms with Gasteiger partial charge in [0.05, 0.1) is 6.61 Å². The Balaban J connectivity index is 2.26. The van der Waals surface area contributed by atoms with Crippen molar-refractivity contribution < 1.29 is 20.4 Å². The van der Waals surface area contributed by atoms with Crippen molar-refractivity contribution in [2.24, 2.45) is 0 Å². The number of phenolic OH excluding ortho intramolecular Hbond substituents is 2. The van der Waals surface area contributed by atoms with Gasteiger partial charge in [0.25, 0.3) is 0 Å². The number of rotatable bonds is 4. The number of nitrogens with one attached hydrogen (secondary N) is 1. The number of benzene rings is 2. The molecule has 0 saturated carbocycles. The summed E-state index contributed by atoms with van der Waals surface area (Å²) in [5.41, 5.74) is 1.52. The summed E-state index contributed by atoms with van der Waals surface area (Å²) in [6, 6.07) is 9.09. The first-order valence-electron chi connectivity index (χ1n) is 6.03. The van der Waals surface area contributed by atoms with Crippen LogP contribution in [0, 0.1) is 5.41 Å². The van der Waals surface area contributed by atoms with Gasteiger partial charge in [-0.3, -0.25) is 0 Å². The Bertz CT molecular complexity index is 652. The van der Waals surface area contributed by atoms with Gasteiger partial charge in [0, 0.05) is 23.3 Å². The molecule has 0 aliphatic heterocycles. The lowest BCUT2D eigenvalue weighted by atomic mass is 9.99. The minimum absolute atomic E-state index is 0.0238. The molecule has 2 rings (SSSR count). The number of aliphatic hydroxyl groups is 1. The minimum Gasteiger partial charge on any atom is -0.508 e. The monoisotopic (exact) mass is 273 g/mol. The number of hydrogen-bond donors (Lipinski definition) is 5. The molecule has 0 atom stereocenters. The summed E-state index contributed by atoms with van der Waals surface area (Å²) in [5.74, 6) is -0.486. The third-order valence-electron chi connectivity index (χ3n) is 3.06. The lowest BCUT2D eigenvalue weighted by Gasteiger charge is -2.09. The maximum atomic E-state index is 9.71. The second kappa shape index (κ2) is 5.63. The smallest absolute Gasteiger partial charge is 0.161 e. The normalized spacial score (nSPS) is 10.4. The largest absolute Gasteiger partial charge is 0.508 e. The number of aromatic hydroxyl groups is 3. The molecule has 0 heterocycles. The molecule has 0 bridgehead atoms. The van der Waals surface area contributed by atoms with Gasteiger partial charge >= 0.3 is 0 Å². The van der Waals surface area contributed by atoms with E-state index in [1.807, 2.05) is 0 Å². The molecule has 2 aromatic rings. The molecular formula is C15H15NO4. The van der Waals surface area contributed by atoms with Gasteiger partial charge < -0.3 is 25.8 Å². The van der Waals surface area contributed by atoms with Gasteiger partial charge in [0.2, 0.25) is 0 Å². The van der Waals surface area contributed by atoms with Gasteiger partial charge in [-0.1, -0.05) is 12.1 Å². The topological polar surface area (TPSA) is 105 Å². The van der Waals surface area contributed by atoms with E-state index in [0.29, 0.717) is 16.7 Å². The second-order valence-corrected chi connectivity index (χ2v) is 4.44. The van der Waals surface area contributed by atoms with Crippen LogP contribution >= 0.6 is 0 Å². The van der Waals surface area contributed by atoms with Crippen LogP contribution in [0.4, 0.5) is 0 Å². The fraction of sp³-hybridized carbons (Fsp3) is 0.133. The Morgan fingerprint density at radius 2 is 1.70 bits per heavy atom. The van der Waals surface area contributed by atoms with Crippen molar-refractivity contribution in [1.82, 2.24) is 0 Å². The third-order valence-corrected chi connectivity index (χ3v) is 3.06. The van der Waals surface area contributed by atoms with E-state index in [1.54, 1.807) is 18.2 Å². The Morgan fingerprint density at radius 1 is 0.950 bits per heavy atom. The highest BCUT2D eigenvalue weighted by Crippen LogP contribution is 2.29. The Hall–Kier alpha value is -2.53. The van der Waals surface area contributed by atoms with Gasteiger partial charge in [-0.05, 0) is 29.8 Å². The Kier molecular flexibility index (Phi) is 3.91. The highest BCUT2D eigenvalue weighted by molar-refractivity contribution is 6.00. The average molecular weight is 273 g/mol. The maximum Gasteiger partial charge on any atom is 0.161 e. The predicted octanol–water partition coefficient (Wildman–Crippen LogP) is 1.91. The van der Waals surface area contributed by atoms with Crippen LogP contribution in [0.3, 0.4) is 0 Å². The average Bonchev–Trinajstić information content (AvgIpc) is 2.44. The highest BCUT2D eigenvalue weighted by Gasteiger charge is 2.11. The molecule has 5 nitrogen and oxygen atoms in total. The zero-order chi connectivity index (χ0) is 14.7. The quantitative estimate of drug-likeness (QED) is 0.433. The van der Waals surface area contributed by atoms with Crippen LogP contribution in [0.1, 0.15) is 16.7 Å². The van der Waals surface area contributed by atoms with Gasteiger partial charge in [-0.25, -0.2) is 0 Å². The van der Waals surface area contributed by atoms with Gasteiger partial charge in [0.15, 0.2) is 11.5 Å². The zero-order valence-corrected chi connectivity index (χ0v) is 10.7. The number of aliphatic hydroxyl groups excluding tert-OH is 1. The number of para-hydroxylation sites is 1. The van der Waals surface area contributed by atoms with Crippen molar-refractivity contribution in [2.75, 3.05) is 0 Å². The summed E-state index contributed by atoms with van der Waals surface area (Å²) >= 11 is 0. The standard InChI is InChI=1S/C15H15NO4/c16-12(7-10-2-1-3-14(19)15(10)20)9-4-5-13(18)11(6-9)8-17/h1-6,16-20H,7-8H2. The third kappa shape index (κ3) is 2.73. The van der Waals surface area contributed by atoms with Crippen molar-refractivity contribution in [3.63, 3.8) is 0 Å². The summed E-state index contributed by atoms with van der Waals surface area (Å²) in [5, 5.41) is 45.7. The van der Waals surface area contributed by atoms with E-state index in [1.165, 1.54) is 18.2 Å². The zero-order valence-electron chi connectivity index (χ0n) is 10.7. The van der Waals surface area contributed by atoms with Crippen LogP contribution in [0.2, 0.25) is 0 Å². The van der Waals surface area contributed by atoms with E-state index in [9.17, 15) is 15.3 Å². The number of hydrogen-bond acceptors (Lipinski definition) is 5. The summed E-state index contributed by atoms with van der Waals surface area (Å²) in [6.45, 7) is -0.315. The maximum absolute atomic E-state index is 9.71. The molecule has 0 saturated heterocycles. The Morgan fingerprint density at radius 3 is 2.40 bits per heavy atom. The first-order valence-corrected chi connectivity index (χ1v) is 6.03. The van der Waals surface area contributed by atoms with E-state index >= 15 is 0 Å². The van der Waals surface area contributed by atoms with Crippen LogP contribution in [-0.2, 0) is 13.0 Å². The minimum atomic E-state index is -0.315. The SMILES string of the molecule is N=C(Cc1cccc(O)c1O)c1ccc(O)c(CO)c1. The van der Waals surface area contributed by atoms with Crippen molar-refractivity contribution >= 4 is 5.71 Å². The molecule has 0 unspecified atom stereocenters. The Labute approximate surface area is 115 Å². The van der Waals surface area contributed by atoms with Crippen molar-refractivity contribution in [3.05, 3.63) is 53.1 Å². The van der Waals surface area contributed by atoms with Gasteiger partial charge in [-0.15, -0.1) is 0 Å². The number of phenols is 3. The van der Waals surface area contributed by atoms with E-state index in [4.69, 9.17) is 10.5 Å². The van der Waals surface area contributed by atoms with Gasteiger partial charge in [0.1, 0.15) is 5.75 Å². The molecule has 0 aromatic heterocycles. The van der Waals surface area contributed by atoms with Gasteiger partial charge in [-0.2, -0.15) is 0 Å². The van der Waals surface area contributed by atoms with E-state index < -0.39 is 0 Å². The fourth-order valence-corrected chi connectivity index (χ4v) is 1.91. The first-order chi connectivity index (χ1) is 9.52. The van der Waals surface area contributed by atoms with Crippen LogP contribution < -0.4 is 0 Å². The predicted molar refractivity (Wildman–Crippen MR) is 74.3 cm³/mol. The van der Waals surface area contributed by atoms with Crippen LogP contribution in [0.15, 0.2) is 36.4 Å².